The lowest BCUT2D eigenvalue weighted by atomic mass is 9.72. The maximum Gasteiger partial charge on any atom is 0.271 e. The van der Waals surface area contributed by atoms with Crippen molar-refractivity contribution >= 4 is 28.6 Å². The normalized spacial score (nSPS) is 24.7. The fraction of sp³-hybridized carbons (Fsp3) is 0.586. The number of fused-ring (bicyclic) bond motifs is 1. The molecule has 0 unspecified atom stereocenters. The number of carbonyl (C=O) groups excluding carboxylic acids is 3. The summed E-state index contributed by atoms with van der Waals surface area (Å²) in [5.74, 6) is -0.289. The first-order valence-corrected chi connectivity index (χ1v) is 13.6. The predicted molar refractivity (Wildman–Crippen MR) is 142 cm³/mol. The monoisotopic (exact) mass is 519 g/mol. The number of nitriles is 1. The third kappa shape index (κ3) is 4.96. The molecule has 1 aromatic carbocycles. The number of carbonyl (C=O) groups is 3. The molecule has 3 amide bonds. The molecule has 2 aliphatic heterocycles. The van der Waals surface area contributed by atoms with Crippen LogP contribution in [0.1, 0.15) is 75.7 Å². The van der Waals surface area contributed by atoms with Crippen molar-refractivity contribution < 1.29 is 19.1 Å². The van der Waals surface area contributed by atoms with E-state index in [-0.39, 0.29) is 41.0 Å². The molecule has 38 heavy (non-hydrogen) atoms. The Balaban J connectivity index is 1.37. The lowest BCUT2D eigenvalue weighted by Gasteiger charge is -2.32. The van der Waals surface area contributed by atoms with Gasteiger partial charge in [0.1, 0.15) is 23.5 Å². The number of ether oxygens (including phenoxy) is 1. The summed E-state index contributed by atoms with van der Waals surface area (Å²) in [6.07, 6.45) is 6.78. The standard InChI is InChI=1S/C29H37N5O4/c1-28(2)14-18(25(35)33-28)12-19(16-30)31-26(36)23-15-29(10-5-4-6-11-29)17-34(23)27(37)22-13-20-21(32-22)8-7-9-24(20)38-3/h7-9,13,18-19,23,32H,4-6,10-12,14-15,17H2,1-3H3,(H,31,36)(H,33,35)/t18-,19+,23+/m1/s1. The van der Waals surface area contributed by atoms with Crippen molar-refractivity contribution in [2.75, 3.05) is 13.7 Å². The van der Waals surface area contributed by atoms with Gasteiger partial charge in [-0.3, -0.25) is 14.4 Å². The summed E-state index contributed by atoms with van der Waals surface area (Å²) in [5, 5.41) is 16.5. The molecule has 3 fully saturated rings. The molecule has 3 atom stereocenters. The van der Waals surface area contributed by atoms with Crippen LogP contribution in [0.3, 0.4) is 0 Å². The molecule has 2 saturated heterocycles. The van der Waals surface area contributed by atoms with E-state index >= 15 is 0 Å². The molecular weight excluding hydrogens is 482 g/mol. The van der Waals surface area contributed by atoms with Crippen molar-refractivity contribution in [3.63, 3.8) is 0 Å². The second-order valence-corrected chi connectivity index (χ2v) is 12.0. The lowest BCUT2D eigenvalue weighted by molar-refractivity contribution is -0.126. The van der Waals surface area contributed by atoms with Crippen LogP contribution in [0.5, 0.6) is 5.75 Å². The Labute approximate surface area is 223 Å². The van der Waals surface area contributed by atoms with Crippen LogP contribution in [-0.2, 0) is 9.59 Å². The van der Waals surface area contributed by atoms with Gasteiger partial charge in [0.15, 0.2) is 0 Å². The summed E-state index contributed by atoms with van der Waals surface area (Å²) in [6.45, 7) is 4.43. The molecule has 1 spiro atoms. The zero-order chi connectivity index (χ0) is 27.1. The van der Waals surface area contributed by atoms with Crippen LogP contribution in [-0.4, -0.2) is 58.9 Å². The molecule has 3 heterocycles. The molecule has 3 N–H and O–H groups in total. The van der Waals surface area contributed by atoms with Crippen molar-refractivity contribution in [1.82, 2.24) is 20.5 Å². The molecule has 3 aliphatic rings. The number of aromatic nitrogens is 1. The maximum atomic E-state index is 13.9. The van der Waals surface area contributed by atoms with E-state index in [1.807, 2.05) is 32.0 Å². The average Bonchev–Trinajstić information content (AvgIpc) is 3.56. The van der Waals surface area contributed by atoms with E-state index in [2.05, 4.69) is 21.7 Å². The van der Waals surface area contributed by atoms with E-state index in [4.69, 9.17) is 4.74 Å². The number of likely N-dealkylation sites (tertiary alicyclic amines) is 1. The van der Waals surface area contributed by atoms with Crippen LogP contribution in [0.4, 0.5) is 0 Å². The smallest absolute Gasteiger partial charge is 0.271 e. The maximum absolute atomic E-state index is 13.9. The van der Waals surface area contributed by atoms with Gasteiger partial charge in [0.25, 0.3) is 5.91 Å². The molecule has 9 nitrogen and oxygen atoms in total. The number of amides is 3. The average molecular weight is 520 g/mol. The van der Waals surface area contributed by atoms with Crippen LogP contribution in [0.25, 0.3) is 10.9 Å². The summed E-state index contributed by atoms with van der Waals surface area (Å²) < 4.78 is 5.46. The molecule has 1 aliphatic carbocycles. The van der Waals surface area contributed by atoms with E-state index in [1.54, 1.807) is 18.1 Å². The highest BCUT2D eigenvalue weighted by molar-refractivity contribution is 6.02. The third-order valence-corrected chi connectivity index (χ3v) is 8.64. The number of hydrogen-bond acceptors (Lipinski definition) is 5. The van der Waals surface area contributed by atoms with Crippen LogP contribution >= 0.6 is 0 Å². The zero-order valence-corrected chi connectivity index (χ0v) is 22.4. The Morgan fingerprint density at radius 1 is 1.24 bits per heavy atom. The molecule has 0 radical (unpaired) electrons. The molecule has 1 aromatic heterocycles. The Morgan fingerprint density at radius 3 is 2.66 bits per heavy atom. The first-order valence-electron chi connectivity index (χ1n) is 13.6. The number of rotatable bonds is 6. The quantitative estimate of drug-likeness (QED) is 0.537. The fourth-order valence-electron chi connectivity index (χ4n) is 6.83. The van der Waals surface area contributed by atoms with Crippen LogP contribution in [0.2, 0.25) is 0 Å². The van der Waals surface area contributed by atoms with Gasteiger partial charge in [-0.05, 0) is 69.6 Å². The Kier molecular flexibility index (Phi) is 6.84. The van der Waals surface area contributed by atoms with Crippen molar-refractivity contribution in [2.24, 2.45) is 11.3 Å². The van der Waals surface area contributed by atoms with Gasteiger partial charge in [-0.1, -0.05) is 25.3 Å². The predicted octanol–water partition coefficient (Wildman–Crippen LogP) is 3.65. The minimum absolute atomic E-state index is 0.0856. The molecule has 202 valence electrons. The summed E-state index contributed by atoms with van der Waals surface area (Å²) in [5.41, 5.74) is 0.798. The number of nitrogens with zero attached hydrogens (tertiary/aromatic N) is 2. The third-order valence-electron chi connectivity index (χ3n) is 8.64. The van der Waals surface area contributed by atoms with Crippen molar-refractivity contribution in [1.29, 1.82) is 5.26 Å². The number of H-pyrrole nitrogens is 1. The minimum Gasteiger partial charge on any atom is -0.496 e. The fourth-order valence-corrected chi connectivity index (χ4v) is 6.83. The van der Waals surface area contributed by atoms with Crippen molar-refractivity contribution in [3.8, 4) is 11.8 Å². The second-order valence-electron chi connectivity index (χ2n) is 12.0. The minimum atomic E-state index is -0.802. The Hall–Kier alpha value is -3.54. The first kappa shape index (κ1) is 26.1. The lowest BCUT2D eigenvalue weighted by Crippen LogP contribution is -2.49. The summed E-state index contributed by atoms with van der Waals surface area (Å²) >= 11 is 0. The summed E-state index contributed by atoms with van der Waals surface area (Å²) in [6, 6.07) is 8.10. The van der Waals surface area contributed by atoms with Crippen molar-refractivity contribution in [3.05, 3.63) is 30.0 Å². The largest absolute Gasteiger partial charge is 0.496 e. The number of aromatic amines is 1. The van der Waals surface area contributed by atoms with E-state index in [1.165, 1.54) is 6.42 Å². The van der Waals surface area contributed by atoms with Gasteiger partial charge in [0.2, 0.25) is 11.8 Å². The number of benzene rings is 1. The van der Waals surface area contributed by atoms with Crippen molar-refractivity contribution in [2.45, 2.75) is 82.8 Å². The molecule has 0 bridgehead atoms. The highest BCUT2D eigenvalue weighted by Crippen LogP contribution is 2.47. The Bertz CT molecular complexity index is 1290. The molecule has 5 rings (SSSR count). The van der Waals surface area contributed by atoms with Gasteiger partial charge in [-0.25, -0.2) is 0 Å². The van der Waals surface area contributed by atoms with E-state index in [0.717, 1.165) is 36.6 Å². The molecule has 9 heteroatoms. The SMILES string of the molecule is COc1cccc2[nH]c(C(=O)N3CC4(CCCCC4)C[C@H]3C(=O)N[C@H](C#N)C[C@@H]3CC(C)(C)NC3=O)cc12. The van der Waals surface area contributed by atoms with Gasteiger partial charge in [0.05, 0.1) is 13.2 Å². The number of hydrogen-bond donors (Lipinski definition) is 3. The topological polar surface area (TPSA) is 127 Å². The molecule has 1 saturated carbocycles. The first-order chi connectivity index (χ1) is 18.1. The van der Waals surface area contributed by atoms with E-state index in [9.17, 15) is 19.6 Å². The Morgan fingerprint density at radius 2 is 2.00 bits per heavy atom. The zero-order valence-electron chi connectivity index (χ0n) is 22.4. The van der Waals surface area contributed by atoms with Gasteiger partial charge >= 0.3 is 0 Å². The van der Waals surface area contributed by atoms with E-state index < -0.39 is 12.1 Å². The van der Waals surface area contributed by atoms with Crippen LogP contribution < -0.4 is 15.4 Å². The number of methoxy groups -OCH3 is 1. The van der Waals surface area contributed by atoms with Crippen LogP contribution in [0.15, 0.2) is 24.3 Å². The molecule has 2 aromatic rings. The van der Waals surface area contributed by atoms with Gasteiger partial charge in [0, 0.05) is 28.9 Å². The van der Waals surface area contributed by atoms with Crippen LogP contribution in [0, 0.1) is 22.7 Å². The van der Waals surface area contributed by atoms with Gasteiger partial charge < -0.3 is 25.3 Å². The second kappa shape index (κ2) is 9.97. The van der Waals surface area contributed by atoms with E-state index in [0.29, 0.717) is 30.8 Å². The summed E-state index contributed by atoms with van der Waals surface area (Å²) in [7, 11) is 1.60. The highest BCUT2D eigenvalue weighted by Gasteiger charge is 2.49. The van der Waals surface area contributed by atoms with Gasteiger partial charge in [-0.15, -0.1) is 0 Å². The molecular formula is C29H37N5O4. The number of nitrogens with one attached hydrogen (secondary N) is 3. The summed E-state index contributed by atoms with van der Waals surface area (Å²) in [4.78, 5) is 44.8. The van der Waals surface area contributed by atoms with Gasteiger partial charge in [-0.2, -0.15) is 5.26 Å². The highest BCUT2D eigenvalue weighted by atomic mass is 16.5.